The summed E-state index contributed by atoms with van der Waals surface area (Å²) >= 11 is 5.41. The number of aryl methyl sites for hydroxylation is 1. The zero-order chi connectivity index (χ0) is 22.0. The van der Waals surface area contributed by atoms with Crippen LogP contribution in [-0.2, 0) is 23.2 Å². The number of ketones is 1. The molecule has 1 atom stereocenters. The first-order chi connectivity index (χ1) is 14.2. The van der Waals surface area contributed by atoms with Gasteiger partial charge in [0.2, 0.25) is 5.91 Å². The number of benzene rings is 1. The van der Waals surface area contributed by atoms with Crippen molar-refractivity contribution in [3.05, 3.63) is 45.9 Å². The molecule has 0 saturated carbocycles. The normalized spacial score (nSPS) is 16.3. The highest BCUT2D eigenvalue weighted by molar-refractivity contribution is 7.80. The van der Waals surface area contributed by atoms with Gasteiger partial charge in [-0.3, -0.25) is 23.8 Å². The van der Waals surface area contributed by atoms with E-state index >= 15 is 0 Å². The van der Waals surface area contributed by atoms with Crippen LogP contribution in [0.3, 0.4) is 0 Å². The minimum absolute atomic E-state index is 0.0225. The molecule has 1 saturated heterocycles. The van der Waals surface area contributed by atoms with Gasteiger partial charge in [0.25, 0.3) is 5.91 Å². The zero-order valence-electron chi connectivity index (χ0n) is 16.8. The first-order valence-electron chi connectivity index (χ1n) is 9.32. The number of aromatic amines is 1. The van der Waals surface area contributed by atoms with Gasteiger partial charge >= 0.3 is 11.3 Å². The molecule has 158 valence electrons. The summed E-state index contributed by atoms with van der Waals surface area (Å²) in [6, 6.07) is 5.63. The number of aromatic nitrogens is 2. The van der Waals surface area contributed by atoms with E-state index in [1.165, 1.54) is 16.5 Å². The van der Waals surface area contributed by atoms with E-state index in [0.29, 0.717) is 17.8 Å². The van der Waals surface area contributed by atoms with Crippen molar-refractivity contribution >= 4 is 40.6 Å². The number of Topliss-reactive ketones (excluding diaryl/α,β-unsaturated/α-hetero) is 1. The zero-order valence-corrected chi connectivity index (χ0v) is 17.6. The van der Waals surface area contributed by atoms with Gasteiger partial charge in [-0.25, -0.2) is 4.79 Å². The van der Waals surface area contributed by atoms with Gasteiger partial charge in [0, 0.05) is 17.8 Å². The Morgan fingerprint density at radius 1 is 1.27 bits per heavy atom. The minimum atomic E-state index is -0.844. The molecule has 0 radical (unpaired) electrons. The standard InChI is InChI=1S/C19H21N5O5S/c1-4-23-17(27)14(24(19(23)30)10-15-18(28)29-21-22(15)3)9-16(26)20-13-7-5-12(6-8-13)11(2)25/h5-8,14H,4,9-10H2,1-3H3,(H-,20,21,25,26,28)/p+1. The fourth-order valence-corrected chi connectivity index (χ4v) is 3.64. The Bertz CT molecular complexity index is 1060. The first kappa shape index (κ1) is 21.4. The third-order valence-electron chi connectivity index (χ3n) is 4.91. The topological polar surface area (TPSA) is 120 Å². The van der Waals surface area contributed by atoms with Gasteiger partial charge < -0.3 is 10.2 Å². The number of likely N-dealkylation sites (N-methyl/N-ethyl adjacent to an activating group) is 1. The second-order valence-corrected chi connectivity index (χ2v) is 7.25. The fourth-order valence-electron chi connectivity index (χ4n) is 3.23. The van der Waals surface area contributed by atoms with Crippen LogP contribution in [0.15, 0.2) is 33.6 Å². The molecule has 1 aliphatic rings. The van der Waals surface area contributed by atoms with E-state index in [4.69, 9.17) is 16.7 Å². The van der Waals surface area contributed by atoms with Gasteiger partial charge in [0.05, 0.1) is 6.42 Å². The summed E-state index contributed by atoms with van der Waals surface area (Å²) in [5.41, 5.74) is 0.742. The molecule has 2 amide bonds. The quantitative estimate of drug-likeness (QED) is 0.368. The number of carbonyl (C=O) groups is 3. The molecule has 2 N–H and O–H groups in total. The van der Waals surface area contributed by atoms with Crippen LogP contribution in [0.2, 0.25) is 0 Å². The fraction of sp³-hybridized carbons (Fsp3) is 0.368. The molecule has 0 spiro atoms. The van der Waals surface area contributed by atoms with Crippen molar-refractivity contribution in [1.29, 1.82) is 0 Å². The Morgan fingerprint density at radius 2 is 1.93 bits per heavy atom. The molecular weight excluding hydrogens is 410 g/mol. The molecule has 0 aliphatic carbocycles. The molecule has 2 heterocycles. The number of hydrogen-bond acceptors (Lipinski definition) is 6. The lowest BCUT2D eigenvalue weighted by atomic mass is 10.1. The average Bonchev–Trinajstić information content (AvgIpc) is 3.13. The van der Waals surface area contributed by atoms with E-state index < -0.39 is 11.7 Å². The maximum atomic E-state index is 12.8. The highest BCUT2D eigenvalue weighted by atomic mass is 32.1. The van der Waals surface area contributed by atoms with E-state index in [1.807, 2.05) is 0 Å². The molecule has 2 aromatic rings. The van der Waals surface area contributed by atoms with Crippen molar-refractivity contribution in [1.82, 2.24) is 15.1 Å². The number of nitrogens with zero attached hydrogens (tertiary/aromatic N) is 3. The molecule has 1 aliphatic heterocycles. The highest BCUT2D eigenvalue weighted by Crippen LogP contribution is 2.22. The molecule has 1 aromatic carbocycles. The number of hydrogen-bond donors (Lipinski definition) is 2. The molecule has 1 fully saturated rings. The number of carbonyl (C=O) groups excluding carboxylic acids is 3. The summed E-state index contributed by atoms with van der Waals surface area (Å²) in [7, 11) is 1.60. The predicted octanol–water partition coefficient (Wildman–Crippen LogP) is 0.341. The van der Waals surface area contributed by atoms with Gasteiger partial charge in [0.1, 0.15) is 12.6 Å². The van der Waals surface area contributed by atoms with E-state index in [-0.39, 0.29) is 41.4 Å². The average molecular weight is 432 g/mol. The van der Waals surface area contributed by atoms with E-state index in [9.17, 15) is 19.2 Å². The molecule has 1 unspecified atom stereocenters. The van der Waals surface area contributed by atoms with Crippen molar-refractivity contribution < 1.29 is 23.6 Å². The van der Waals surface area contributed by atoms with Crippen LogP contribution in [0, 0.1) is 0 Å². The SMILES string of the molecule is CCN1C(=O)C(CC(=O)Nc2ccc(C(C)=O)cc2)N(Cc2c(=O)o[nH][n+]2C)C1=S. The first-order valence-corrected chi connectivity index (χ1v) is 9.73. The molecule has 30 heavy (non-hydrogen) atoms. The second kappa shape index (κ2) is 8.57. The monoisotopic (exact) mass is 432 g/mol. The highest BCUT2D eigenvalue weighted by Gasteiger charge is 2.44. The number of anilines is 1. The van der Waals surface area contributed by atoms with Gasteiger partial charge in [-0.15, -0.1) is 0 Å². The van der Waals surface area contributed by atoms with Gasteiger partial charge in [0.15, 0.2) is 17.9 Å². The van der Waals surface area contributed by atoms with Crippen molar-refractivity contribution in [2.75, 3.05) is 11.9 Å². The van der Waals surface area contributed by atoms with Crippen LogP contribution in [0.25, 0.3) is 0 Å². The number of thiocarbonyl (C=S) groups is 1. The number of nitrogens with one attached hydrogen (secondary N) is 2. The Balaban J connectivity index is 1.77. The lowest BCUT2D eigenvalue weighted by Gasteiger charge is -2.21. The van der Waals surface area contributed by atoms with Crippen LogP contribution in [0.5, 0.6) is 0 Å². The van der Waals surface area contributed by atoms with Gasteiger partial charge in [-0.2, -0.15) is 0 Å². The summed E-state index contributed by atoms with van der Waals surface area (Å²) in [6.45, 7) is 3.62. The number of H-pyrrole nitrogens is 1. The number of amides is 2. The van der Waals surface area contributed by atoms with Gasteiger partial charge in [-0.1, -0.05) is 4.68 Å². The lowest BCUT2D eigenvalue weighted by molar-refractivity contribution is -0.746. The predicted molar refractivity (Wildman–Crippen MR) is 110 cm³/mol. The molecular formula is C19H22N5O5S+. The van der Waals surface area contributed by atoms with E-state index in [2.05, 4.69) is 10.6 Å². The van der Waals surface area contributed by atoms with E-state index in [0.717, 1.165) is 0 Å². The van der Waals surface area contributed by atoms with E-state index in [1.54, 1.807) is 43.1 Å². The molecule has 0 bridgehead atoms. The molecule has 3 rings (SSSR count). The summed E-state index contributed by atoms with van der Waals surface area (Å²) in [6.07, 6.45) is -0.149. The van der Waals surface area contributed by atoms with Crippen molar-refractivity contribution in [3.8, 4) is 0 Å². The Kier molecular flexibility index (Phi) is 6.11. The molecule has 11 heteroatoms. The third kappa shape index (κ3) is 4.15. The van der Waals surface area contributed by atoms with Crippen molar-refractivity contribution in [3.63, 3.8) is 0 Å². The molecule has 10 nitrogen and oxygen atoms in total. The molecule has 1 aromatic heterocycles. The number of rotatable bonds is 7. The summed E-state index contributed by atoms with van der Waals surface area (Å²) in [5, 5.41) is 5.40. The van der Waals surface area contributed by atoms with Crippen LogP contribution in [0.4, 0.5) is 5.69 Å². The van der Waals surface area contributed by atoms with Crippen LogP contribution < -0.4 is 15.6 Å². The summed E-state index contributed by atoms with van der Waals surface area (Å²) in [4.78, 5) is 51.7. The van der Waals surface area contributed by atoms with Crippen molar-refractivity contribution in [2.24, 2.45) is 7.05 Å². The Morgan fingerprint density at radius 3 is 2.47 bits per heavy atom. The van der Waals surface area contributed by atoms with Crippen LogP contribution in [0.1, 0.15) is 36.3 Å². The second-order valence-electron chi connectivity index (χ2n) is 6.88. The largest absolute Gasteiger partial charge is 0.431 e. The smallest absolute Gasteiger partial charge is 0.326 e. The minimum Gasteiger partial charge on any atom is -0.326 e. The van der Waals surface area contributed by atoms with Crippen molar-refractivity contribution in [2.45, 2.75) is 32.9 Å². The Hall–Kier alpha value is -3.34. The maximum Gasteiger partial charge on any atom is 0.431 e. The van der Waals surface area contributed by atoms with Gasteiger partial charge in [-0.05, 0) is 55.6 Å². The lowest BCUT2D eigenvalue weighted by Crippen LogP contribution is -2.44. The Labute approximate surface area is 177 Å². The maximum absolute atomic E-state index is 12.8. The van der Waals surface area contributed by atoms with Crippen LogP contribution >= 0.6 is 12.2 Å². The van der Waals surface area contributed by atoms with Crippen LogP contribution in [-0.4, -0.2) is 50.4 Å². The summed E-state index contributed by atoms with van der Waals surface area (Å²) < 4.78 is 6.15. The summed E-state index contributed by atoms with van der Waals surface area (Å²) in [5.74, 6) is -0.761. The third-order valence-corrected chi connectivity index (χ3v) is 5.36.